The highest BCUT2D eigenvalue weighted by atomic mass is 35.5. The molecule has 4 heteroatoms. The Kier molecular flexibility index (Phi) is 2.69. The van der Waals surface area contributed by atoms with E-state index in [-0.39, 0.29) is 10.8 Å². The number of halogens is 1. The highest BCUT2D eigenvalue weighted by Gasteiger charge is 2.41. The third-order valence-corrected chi connectivity index (χ3v) is 3.60. The van der Waals surface area contributed by atoms with E-state index in [4.69, 9.17) is 16.3 Å². The van der Waals surface area contributed by atoms with Crippen molar-refractivity contribution >= 4 is 11.6 Å². The number of hydrogen-bond acceptors (Lipinski definition) is 3. The van der Waals surface area contributed by atoms with Crippen molar-refractivity contribution in [2.75, 3.05) is 7.11 Å². The van der Waals surface area contributed by atoms with Crippen molar-refractivity contribution in [3.05, 3.63) is 22.7 Å². The average Bonchev–Trinajstić information content (AvgIpc) is 2.23. The van der Waals surface area contributed by atoms with Crippen LogP contribution in [0.4, 0.5) is 0 Å². The van der Waals surface area contributed by atoms with Crippen LogP contribution < -0.4 is 4.74 Å². The van der Waals surface area contributed by atoms with Crippen LogP contribution in [0.25, 0.3) is 0 Å². The summed E-state index contributed by atoms with van der Waals surface area (Å²) in [7, 11) is 1.49. The molecule has 0 radical (unpaired) electrons. The summed E-state index contributed by atoms with van der Waals surface area (Å²) < 4.78 is 5.00. The van der Waals surface area contributed by atoms with Gasteiger partial charge in [0.2, 0.25) is 0 Å². The Labute approximate surface area is 99.2 Å². The van der Waals surface area contributed by atoms with Gasteiger partial charge < -0.3 is 9.84 Å². The van der Waals surface area contributed by atoms with E-state index in [1.54, 1.807) is 12.1 Å². The molecule has 0 unspecified atom stereocenters. The van der Waals surface area contributed by atoms with Crippen LogP contribution in [0.3, 0.4) is 0 Å². The first kappa shape index (κ1) is 11.1. The molecule has 1 aliphatic carbocycles. The predicted octanol–water partition coefficient (Wildman–Crippen LogP) is 3.00. The topological polar surface area (TPSA) is 53.2 Å². The number of nitrogens with zero attached hydrogens (tertiary/aromatic N) is 1. The lowest BCUT2D eigenvalue weighted by Crippen LogP contribution is -2.32. The Morgan fingerprint density at radius 1 is 1.50 bits per heavy atom. The molecule has 1 aromatic carbocycles. The second-order valence-corrected chi connectivity index (χ2v) is 4.40. The average molecular weight is 238 g/mol. The first-order valence-electron chi connectivity index (χ1n) is 5.12. The van der Waals surface area contributed by atoms with Gasteiger partial charge in [-0.15, -0.1) is 0 Å². The Morgan fingerprint density at radius 3 is 2.62 bits per heavy atom. The molecule has 1 aromatic rings. The van der Waals surface area contributed by atoms with E-state index in [1.807, 2.05) is 0 Å². The van der Waals surface area contributed by atoms with Crippen LogP contribution in [0, 0.1) is 11.3 Å². The van der Waals surface area contributed by atoms with Crippen molar-refractivity contribution in [2.45, 2.75) is 24.7 Å². The van der Waals surface area contributed by atoms with E-state index in [0.29, 0.717) is 11.3 Å². The van der Waals surface area contributed by atoms with Gasteiger partial charge in [0.25, 0.3) is 0 Å². The SMILES string of the molecule is COc1ccc(C2(C#N)CCC2)c(O)c1Cl. The lowest BCUT2D eigenvalue weighted by atomic mass is 9.65. The van der Waals surface area contributed by atoms with Crippen molar-refractivity contribution in [2.24, 2.45) is 0 Å². The minimum Gasteiger partial charge on any atom is -0.506 e. The normalized spacial score (nSPS) is 17.3. The van der Waals surface area contributed by atoms with Gasteiger partial charge in [0.05, 0.1) is 18.6 Å². The summed E-state index contributed by atoms with van der Waals surface area (Å²) in [5, 5.41) is 19.4. The van der Waals surface area contributed by atoms with Crippen LogP contribution in [-0.2, 0) is 5.41 Å². The van der Waals surface area contributed by atoms with Crippen molar-refractivity contribution < 1.29 is 9.84 Å². The molecule has 2 rings (SSSR count). The Bertz CT molecular complexity index is 461. The molecule has 16 heavy (non-hydrogen) atoms. The first-order chi connectivity index (χ1) is 7.64. The van der Waals surface area contributed by atoms with Crippen LogP contribution in [0.5, 0.6) is 11.5 Å². The summed E-state index contributed by atoms with van der Waals surface area (Å²) in [5.41, 5.74) is 0.0621. The fraction of sp³-hybridized carbons (Fsp3) is 0.417. The van der Waals surface area contributed by atoms with E-state index in [9.17, 15) is 10.4 Å². The summed E-state index contributed by atoms with van der Waals surface area (Å²) in [5.74, 6) is 0.401. The van der Waals surface area contributed by atoms with Gasteiger partial charge in [0, 0.05) is 5.56 Å². The minimum absolute atomic E-state index is 0.0257. The summed E-state index contributed by atoms with van der Waals surface area (Å²) in [6, 6.07) is 5.69. The highest BCUT2D eigenvalue weighted by molar-refractivity contribution is 6.33. The maximum Gasteiger partial charge on any atom is 0.142 e. The van der Waals surface area contributed by atoms with E-state index in [1.165, 1.54) is 7.11 Å². The Morgan fingerprint density at radius 2 is 2.19 bits per heavy atom. The zero-order valence-corrected chi connectivity index (χ0v) is 9.71. The van der Waals surface area contributed by atoms with Crippen molar-refractivity contribution in [3.63, 3.8) is 0 Å². The number of benzene rings is 1. The zero-order valence-electron chi connectivity index (χ0n) is 8.96. The van der Waals surface area contributed by atoms with Crippen LogP contribution in [0.2, 0.25) is 5.02 Å². The number of hydrogen-bond donors (Lipinski definition) is 1. The van der Waals surface area contributed by atoms with Gasteiger partial charge in [-0.05, 0) is 31.4 Å². The van der Waals surface area contributed by atoms with Gasteiger partial charge in [0.15, 0.2) is 0 Å². The number of phenolic OH excluding ortho intramolecular Hbond substituents is 1. The summed E-state index contributed by atoms with van der Waals surface area (Å²) in [4.78, 5) is 0. The van der Waals surface area contributed by atoms with E-state index >= 15 is 0 Å². The molecule has 0 atom stereocenters. The molecule has 1 saturated carbocycles. The van der Waals surface area contributed by atoms with Gasteiger partial charge in [-0.25, -0.2) is 0 Å². The van der Waals surface area contributed by atoms with Crippen LogP contribution >= 0.6 is 11.6 Å². The Balaban J connectivity index is 2.52. The third kappa shape index (κ3) is 1.42. The van der Waals surface area contributed by atoms with E-state index in [0.717, 1.165) is 19.3 Å². The van der Waals surface area contributed by atoms with Gasteiger partial charge in [0.1, 0.15) is 16.5 Å². The number of aromatic hydroxyl groups is 1. The zero-order chi connectivity index (χ0) is 11.8. The molecule has 1 aliphatic rings. The molecule has 0 bridgehead atoms. The van der Waals surface area contributed by atoms with Gasteiger partial charge in [-0.2, -0.15) is 5.26 Å². The number of phenols is 1. The Hall–Kier alpha value is -1.40. The molecular formula is C12H12ClNO2. The minimum atomic E-state index is -0.556. The standard InChI is InChI=1S/C12H12ClNO2/c1-16-9-4-3-8(11(15)10(9)13)12(7-14)5-2-6-12/h3-4,15H,2,5-6H2,1H3. The fourth-order valence-electron chi connectivity index (χ4n) is 2.06. The number of methoxy groups -OCH3 is 1. The summed E-state index contributed by atoms with van der Waals surface area (Å²) in [6.45, 7) is 0. The maximum atomic E-state index is 9.98. The molecule has 1 N–H and O–H groups in total. The van der Waals surface area contributed by atoms with Crippen molar-refractivity contribution in [1.82, 2.24) is 0 Å². The van der Waals surface area contributed by atoms with Crippen LogP contribution in [0.1, 0.15) is 24.8 Å². The van der Waals surface area contributed by atoms with Crippen LogP contribution in [0.15, 0.2) is 12.1 Å². The molecule has 0 saturated heterocycles. The predicted molar refractivity (Wildman–Crippen MR) is 60.8 cm³/mol. The molecule has 0 amide bonds. The molecule has 1 fully saturated rings. The molecule has 0 spiro atoms. The lowest BCUT2D eigenvalue weighted by molar-refractivity contribution is 0.310. The molecule has 0 aliphatic heterocycles. The lowest BCUT2D eigenvalue weighted by Gasteiger charge is -2.36. The summed E-state index contributed by atoms with van der Waals surface area (Å²) >= 11 is 5.96. The second kappa shape index (κ2) is 3.88. The van der Waals surface area contributed by atoms with Gasteiger partial charge >= 0.3 is 0 Å². The quantitative estimate of drug-likeness (QED) is 0.860. The molecule has 84 valence electrons. The summed E-state index contributed by atoms with van der Waals surface area (Å²) in [6.07, 6.45) is 2.57. The number of nitriles is 1. The first-order valence-corrected chi connectivity index (χ1v) is 5.49. The molecule has 0 heterocycles. The molecule has 3 nitrogen and oxygen atoms in total. The monoisotopic (exact) mass is 237 g/mol. The van der Waals surface area contributed by atoms with Gasteiger partial charge in [-0.1, -0.05) is 11.6 Å². The van der Waals surface area contributed by atoms with E-state index < -0.39 is 5.41 Å². The number of rotatable bonds is 2. The van der Waals surface area contributed by atoms with Crippen LogP contribution in [-0.4, -0.2) is 12.2 Å². The highest BCUT2D eigenvalue weighted by Crippen LogP contribution is 2.49. The fourth-order valence-corrected chi connectivity index (χ4v) is 2.30. The molecular weight excluding hydrogens is 226 g/mol. The second-order valence-electron chi connectivity index (χ2n) is 4.03. The van der Waals surface area contributed by atoms with Crippen molar-refractivity contribution in [1.29, 1.82) is 5.26 Å². The van der Waals surface area contributed by atoms with E-state index in [2.05, 4.69) is 6.07 Å². The van der Waals surface area contributed by atoms with Gasteiger partial charge in [-0.3, -0.25) is 0 Å². The molecule has 0 aromatic heterocycles. The smallest absolute Gasteiger partial charge is 0.142 e. The maximum absolute atomic E-state index is 9.98. The third-order valence-electron chi connectivity index (χ3n) is 3.24. The van der Waals surface area contributed by atoms with Crippen molar-refractivity contribution in [3.8, 4) is 17.6 Å². The largest absolute Gasteiger partial charge is 0.506 e. The number of ether oxygens (including phenoxy) is 1.